The molecule has 0 radical (unpaired) electrons. The van der Waals surface area contributed by atoms with Crippen molar-refractivity contribution in [3.05, 3.63) is 20.3 Å². The summed E-state index contributed by atoms with van der Waals surface area (Å²) in [4.78, 5) is 13.9. The quantitative estimate of drug-likeness (QED) is 0.905. The standard InChI is InChI=1S/C13H18Cl2N2OS/c14-11-6-10(13(15)19-11)2-1-3-12(18)17-5-4-9(7-16)8-17/h6,9H,1-5,7-8,16H2. The monoisotopic (exact) mass is 320 g/mol. The van der Waals surface area contributed by atoms with Gasteiger partial charge < -0.3 is 10.6 Å². The van der Waals surface area contributed by atoms with E-state index in [1.54, 1.807) is 0 Å². The molecule has 3 nitrogen and oxygen atoms in total. The first-order valence-corrected chi connectivity index (χ1v) is 8.09. The Labute approximate surface area is 127 Å². The van der Waals surface area contributed by atoms with Crippen molar-refractivity contribution in [2.24, 2.45) is 11.7 Å². The summed E-state index contributed by atoms with van der Waals surface area (Å²) in [5.41, 5.74) is 6.67. The summed E-state index contributed by atoms with van der Waals surface area (Å²) in [6.45, 7) is 2.35. The van der Waals surface area contributed by atoms with Crippen molar-refractivity contribution in [2.45, 2.75) is 25.7 Å². The van der Waals surface area contributed by atoms with Crippen LogP contribution in [-0.2, 0) is 11.2 Å². The number of halogens is 2. The minimum absolute atomic E-state index is 0.230. The first kappa shape index (κ1) is 15.1. The zero-order valence-electron chi connectivity index (χ0n) is 10.7. The Morgan fingerprint density at radius 2 is 2.32 bits per heavy atom. The van der Waals surface area contributed by atoms with E-state index < -0.39 is 0 Å². The van der Waals surface area contributed by atoms with Crippen LogP contribution < -0.4 is 5.73 Å². The Morgan fingerprint density at radius 1 is 1.53 bits per heavy atom. The van der Waals surface area contributed by atoms with E-state index in [0.717, 1.165) is 42.3 Å². The maximum Gasteiger partial charge on any atom is 0.222 e. The van der Waals surface area contributed by atoms with Crippen molar-refractivity contribution in [2.75, 3.05) is 19.6 Å². The minimum atomic E-state index is 0.230. The molecular weight excluding hydrogens is 303 g/mol. The number of hydrogen-bond acceptors (Lipinski definition) is 3. The van der Waals surface area contributed by atoms with Gasteiger partial charge in [-0.15, -0.1) is 11.3 Å². The van der Waals surface area contributed by atoms with Gasteiger partial charge in [0.2, 0.25) is 5.91 Å². The fourth-order valence-corrected chi connectivity index (χ4v) is 3.93. The van der Waals surface area contributed by atoms with Gasteiger partial charge in [0.25, 0.3) is 0 Å². The van der Waals surface area contributed by atoms with E-state index in [1.165, 1.54) is 11.3 Å². The third-order valence-electron chi connectivity index (χ3n) is 3.54. The topological polar surface area (TPSA) is 46.3 Å². The largest absolute Gasteiger partial charge is 0.342 e. The number of likely N-dealkylation sites (tertiary alicyclic amines) is 1. The number of thiophene rings is 1. The lowest BCUT2D eigenvalue weighted by Gasteiger charge is -2.16. The Hall–Kier alpha value is -0.290. The van der Waals surface area contributed by atoms with Crippen LogP contribution in [0.3, 0.4) is 0 Å². The van der Waals surface area contributed by atoms with Crippen LogP contribution in [0, 0.1) is 5.92 Å². The fraction of sp³-hybridized carbons (Fsp3) is 0.615. The van der Waals surface area contributed by atoms with Crippen molar-refractivity contribution in [3.63, 3.8) is 0 Å². The van der Waals surface area contributed by atoms with Gasteiger partial charge in [0.05, 0.1) is 8.67 Å². The molecule has 2 heterocycles. The molecule has 2 N–H and O–H groups in total. The highest BCUT2D eigenvalue weighted by atomic mass is 35.5. The van der Waals surface area contributed by atoms with Crippen LogP contribution in [0.2, 0.25) is 8.67 Å². The van der Waals surface area contributed by atoms with Crippen LogP contribution in [-0.4, -0.2) is 30.4 Å². The van der Waals surface area contributed by atoms with Gasteiger partial charge in [-0.25, -0.2) is 0 Å². The van der Waals surface area contributed by atoms with E-state index in [2.05, 4.69) is 0 Å². The van der Waals surface area contributed by atoms with Gasteiger partial charge in [-0.1, -0.05) is 23.2 Å². The number of aryl methyl sites for hydroxylation is 1. The second kappa shape index (κ2) is 6.93. The molecule has 1 aromatic heterocycles. The summed E-state index contributed by atoms with van der Waals surface area (Å²) in [5, 5.41) is 0. The summed E-state index contributed by atoms with van der Waals surface area (Å²) in [7, 11) is 0. The second-order valence-electron chi connectivity index (χ2n) is 4.93. The van der Waals surface area contributed by atoms with Gasteiger partial charge >= 0.3 is 0 Å². The highest BCUT2D eigenvalue weighted by Gasteiger charge is 2.24. The van der Waals surface area contributed by atoms with Crippen molar-refractivity contribution in [1.29, 1.82) is 0 Å². The van der Waals surface area contributed by atoms with Gasteiger partial charge in [-0.2, -0.15) is 0 Å². The van der Waals surface area contributed by atoms with Crippen molar-refractivity contribution in [3.8, 4) is 0 Å². The molecular formula is C13H18Cl2N2OS. The molecule has 106 valence electrons. The lowest BCUT2D eigenvalue weighted by Crippen LogP contribution is -2.29. The molecule has 2 rings (SSSR count). The van der Waals surface area contributed by atoms with Gasteiger partial charge in [0.1, 0.15) is 0 Å². The van der Waals surface area contributed by atoms with E-state index in [4.69, 9.17) is 28.9 Å². The fourth-order valence-electron chi connectivity index (χ4n) is 2.38. The molecule has 0 saturated carbocycles. The molecule has 0 spiro atoms. The number of hydrogen-bond donors (Lipinski definition) is 1. The molecule has 1 unspecified atom stereocenters. The van der Waals surface area contributed by atoms with Crippen molar-refractivity contribution < 1.29 is 4.79 Å². The molecule has 1 saturated heterocycles. The Morgan fingerprint density at radius 3 is 2.89 bits per heavy atom. The summed E-state index contributed by atoms with van der Waals surface area (Å²) >= 11 is 13.3. The molecule has 1 atom stereocenters. The second-order valence-corrected chi connectivity index (χ2v) is 7.22. The number of carbonyl (C=O) groups excluding carboxylic acids is 1. The molecule has 0 aromatic carbocycles. The van der Waals surface area contributed by atoms with Gasteiger partial charge in [0, 0.05) is 19.5 Å². The van der Waals surface area contributed by atoms with Crippen LogP contribution in [0.4, 0.5) is 0 Å². The number of amides is 1. The molecule has 1 aromatic rings. The van der Waals surface area contributed by atoms with Crippen molar-refractivity contribution in [1.82, 2.24) is 4.90 Å². The average molecular weight is 321 g/mol. The molecule has 1 aliphatic heterocycles. The van der Waals surface area contributed by atoms with Gasteiger partial charge in [-0.3, -0.25) is 4.79 Å². The Balaban J connectivity index is 1.74. The maximum absolute atomic E-state index is 12.0. The number of carbonyl (C=O) groups is 1. The Bertz CT molecular complexity index is 450. The van der Waals surface area contributed by atoms with Crippen molar-refractivity contribution >= 4 is 40.4 Å². The molecule has 0 bridgehead atoms. The van der Waals surface area contributed by atoms with Crippen LogP contribution in [0.5, 0.6) is 0 Å². The zero-order valence-corrected chi connectivity index (χ0v) is 13.0. The molecule has 6 heteroatoms. The van der Waals surface area contributed by atoms with Gasteiger partial charge in [-0.05, 0) is 43.4 Å². The first-order valence-electron chi connectivity index (χ1n) is 6.51. The summed E-state index contributed by atoms with van der Waals surface area (Å²) in [6, 6.07) is 1.89. The zero-order chi connectivity index (χ0) is 13.8. The average Bonchev–Trinajstić information content (AvgIpc) is 2.96. The Kier molecular flexibility index (Phi) is 5.51. The van der Waals surface area contributed by atoms with E-state index in [1.807, 2.05) is 11.0 Å². The number of nitrogens with two attached hydrogens (primary N) is 1. The van der Waals surface area contributed by atoms with E-state index in [0.29, 0.717) is 23.2 Å². The van der Waals surface area contributed by atoms with Crippen LogP contribution >= 0.6 is 34.5 Å². The first-order chi connectivity index (χ1) is 9.10. The van der Waals surface area contributed by atoms with Gasteiger partial charge in [0.15, 0.2) is 0 Å². The lowest BCUT2D eigenvalue weighted by molar-refractivity contribution is -0.130. The molecule has 19 heavy (non-hydrogen) atoms. The summed E-state index contributed by atoms with van der Waals surface area (Å²) < 4.78 is 1.44. The van der Waals surface area contributed by atoms with Crippen LogP contribution in [0.1, 0.15) is 24.8 Å². The number of rotatable bonds is 5. The van der Waals surface area contributed by atoms with E-state index in [9.17, 15) is 4.79 Å². The minimum Gasteiger partial charge on any atom is -0.342 e. The lowest BCUT2D eigenvalue weighted by atomic mass is 10.1. The molecule has 1 amide bonds. The van der Waals surface area contributed by atoms with E-state index >= 15 is 0 Å². The third kappa shape index (κ3) is 4.09. The highest BCUT2D eigenvalue weighted by Crippen LogP contribution is 2.32. The highest BCUT2D eigenvalue weighted by molar-refractivity contribution is 7.20. The summed E-state index contributed by atoms with van der Waals surface area (Å²) in [6.07, 6.45) is 3.23. The molecule has 1 fully saturated rings. The predicted molar refractivity (Wildman–Crippen MR) is 81.0 cm³/mol. The van der Waals surface area contributed by atoms with E-state index in [-0.39, 0.29) is 5.91 Å². The smallest absolute Gasteiger partial charge is 0.222 e. The predicted octanol–water partition coefficient (Wildman–Crippen LogP) is 3.18. The SMILES string of the molecule is NCC1CCN(C(=O)CCCc2cc(Cl)sc2Cl)C1. The number of nitrogens with zero attached hydrogens (tertiary/aromatic N) is 1. The molecule has 1 aliphatic rings. The van der Waals surface area contributed by atoms with Crippen LogP contribution in [0.25, 0.3) is 0 Å². The maximum atomic E-state index is 12.0. The molecule has 0 aliphatic carbocycles. The third-order valence-corrected chi connectivity index (χ3v) is 5.10. The van der Waals surface area contributed by atoms with Crippen LogP contribution in [0.15, 0.2) is 6.07 Å². The summed E-state index contributed by atoms with van der Waals surface area (Å²) in [5.74, 6) is 0.711. The normalized spacial score (nSPS) is 19.1.